The molecule has 3 aliphatic carbocycles. The summed E-state index contributed by atoms with van der Waals surface area (Å²) in [5, 5.41) is 8.13. The molecule has 1 saturated heterocycles. The Labute approximate surface area is 226 Å². The summed E-state index contributed by atoms with van der Waals surface area (Å²) in [6.45, 7) is 5.65. The van der Waals surface area contributed by atoms with E-state index >= 15 is 0 Å². The van der Waals surface area contributed by atoms with E-state index in [1.165, 1.54) is 25.7 Å². The molecule has 3 aromatic heterocycles. The third kappa shape index (κ3) is 4.96. The molecule has 2 unspecified atom stereocenters. The standard InChI is InChI=1S/C28H35N7O2S/c1-16-22(26-33-24-21(38-26)8-9-29-23(24)18-4-5-18)25(34-28(31-16)30-15-17-2-3-17)32-20-7-6-19(14-20)27(36)35-10-12-37-13-11-35/h8-9,17-20H,2-7,10-15H2,1H3,(H2,30,31,32,34). The van der Waals surface area contributed by atoms with Gasteiger partial charge in [-0.3, -0.25) is 9.78 Å². The lowest BCUT2D eigenvalue weighted by Crippen LogP contribution is -2.43. The van der Waals surface area contributed by atoms with Gasteiger partial charge in [0.1, 0.15) is 16.3 Å². The summed E-state index contributed by atoms with van der Waals surface area (Å²) in [6, 6.07) is 2.25. The molecule has 10 heteroatoms. The van der Waals surface area contributed by atoms with E-state index in [0.29, 0.717) is 38.2 Å². The van der Waals surface area contributed by atoms with Crippen LogP contribution in [0.4, 0.5) is 11.8 Å². The smallest absolute Gasteiger partial charge is 0.225 e. The Morgan fingerprint density at radius 3 is 2.74 bits per heavy atom. The number of nitrogens with one attached hydrogen (secondary N) is 2. The third-order valence-electron chi connectivity index (χ3n) is 8.29. The lowest BCUT2D eigenvalue weighted by molar-refractivity contribution is -0.139. The van der Waals surface area contributed by atoms with Gasteiger partial charge in [-0.1, -0.05) is 0 Å². The van der Waals surface area contributed by atoms with Gasteiger partial charge in [0.15, 0.2) is 0 Å². The van der Waals surface area contributed by atoms with Crippen LogP contribution in [0.25, 0.3) is 20.8 Å². The monoisotopic (exact) mass is 533 g/mol. The molecule has 2 N–H and O–H groups in total. The van der Waals surface area contributed by atoms with Crippen LogP contribution >= 0.6 is 11.3 Å². The highest BCUT2D eigenvalue weighted by Crippen LogP contribution is 2.44. The molecule has 0 aromatic carbocycles. The first-order valence-electron chi connectivity index (χ1n) is 14.1. The maximum absolute atomic E-state index is 13.1. The van der Waals surface area contributed by atoms with E-state index in [-0.39, 0.29) is 17.9 Å². The molecule has 4 heterocycles. The van der Waals surface area contributed by atoms with Gasteiger partial charge in [0.25, 0.3) is 0 Å². The van der Waals surface area contributed by atoms with Crippen LogP contribution in [0.3, 0.4) is 0 Å². The number of amides is 1. The van der Waals surface area contributed by atoms with Gasteiger partial charge in [0.2, 0.25) is 11.9 Å². The maximum Gasteiger partial charge on any atom is 0.225 e. The van der Waals surface area contributed by atoms with Gasteiger partial charge in [0.05, 0.1) is 34.9 Å². The number of carbonyl (C=O) groups is 1. The Morgan fingerprint density at radius 1 is 1.11 bits per heavy atom. The molecule has 2 atom stereocenters. The highest BCUT2D eigenvalue weighted by atomic mass is 32.1. The average molecular weight is 534 g/mol. The van der Waals surface area contributed by atoms with Crippen LogP contribution in [-0.2, 0) is 9.53 Å². The van der Waals surface area contributed by atoms with Crippen molar-refractivity contribution in [2.45, 2.75) is 63.8 Å². The first kappa shape index (κ1) is 24.2. The second-order valence-electron chi connectivity index (χ2n) is 11.3. The number of carbonyl (C=O) groups excluding carboxylic acids is 1. The predicted octanol–water partition coefficient (Wildman–Crippen LogP) is 4.60. The highest BCUT2D eigenvalue weighted by molar-refractivity contribution is 7.21. The number of aryl methyl sites for hydroxylation is 1. The van der Waals surface area contributed by atoms with Crippen molar-refractivity contribution in [3.63, 3.8) is 0 Å². The lowest BCUT2D eigenvalue weighted by Gasteiger charge is -2.29. The number of fused-ring (bicyclic) bond motifs is 1. The third-order valence-corrected chi connectivity index (χ3v) is 9.33. The number of anilines is 2. The molecular weight excluding hydrogens is 498 g/mol. The zero-order valence-electron chi connectivity index (χ0n) is 21.9. The average Bonchev–Trinajstić information content (AvgIpc) is 3.86. The van der Waals surface area contributed by atoms with Crippen LogP contribution in [0, 0.1) is 18.8 Å². The van der Waals surface area contributed by atoms with Gasteiger partial charge >= 0.3 is 0 Å². The minimum absolute atomic E-state index is 0.0547. The molecule has 38 heavy (non-hydrogen) atoms. The van der Waals surface area contributed by atoms with Crippen molar-refractivity contribution in [2.75, 3.05) is 43.5 Å². The summed E-state index contributed by atoms with van der Waals surface area (Å²) in [7, 11) is 0. The Hall–Kier alpha value is -2.85. The fraction of sp³-hybridized carbons (Fsp3) is 0.607. The summed E-state index contributed by atoms with van der Waals surface area (Å²) in [4.78, 5) is 34.7. The molecule has 3 aromatic rings. The van der Waals surface area contributed by atoms with Crippen molar-refractivity contribution in [3.05, 3.63) is 23.7 Å². The summed E-state index contributed by atoms with van der Waals surface area (Å²) < 4.78 is 6.60. The minimum atomic E-state index is 0.0547. The second-order valence-corrected chi connectivity index (χ2v) is 12.3. The van der Waals surface area contributed by atoms with Gasteiger partial charge in [-0.2, -0.15) is 4.98 Å². The van der Waals surface area contributed by atoms with Crippen molar-refractivity contribution < 1.29 is 9.53 Å². The van der Waals surface area contributed by atoms with Crippen molar-refractivity contribution in [1.29, 1.82) is 0 Å². The summed E-state index contributed by atoms with van der Waals surface area (Å²) >= 11 is 1.69. The second kappa shape index (κ2) is 10.0. The molecule has 4 fully saturated rings. The number of aromatic nitrogens is 4. The van der Waals surface area contributed by atoms with Gasteiger partial charge in [-0.05, 0) is 63.9 Å². The van der Waals surface area contributed by atoms with E-state index in [2.05, 4.69) is 28.6 Å². The summed E-state index contributed by atoms with van der Waals surface area (Å²) in [5.74, 6) is 3.08. The van der Waals surface area contributed by atoms with Crippen LogP contribution < -0.4 is 10.6 Å². The van der Waals surface area contributed by atoms with Crippen LogP contribution in [0.2, 0.25) is 0 Å². The maximum atomic E-state index is 13.1. The number of nitrogens with zero attached hydrogens (tertiary/aromatic N) is 5. The molecule has 0 bridgehead atoms. The largest absolute Gasteiger partial charge is 0.378 e. The number of morpholine rings is 1. The number of hydrogen-bond donors (Lipinski definition) is 2. The van der Waals surface area contributed by atoms with Crippen LogP contribution in [-0.4, -0.2) is 69.6 Å². The molecular formula is C28H35N7O2S. The fourth-order valence-electron chi connectivity index (χ4n) is 5.78. The summed E-state index contributed by atoms with van der Waals surface area (Å²) in [6.07, 6.45) is 9.52. The number of thiazole rings is 1. The Balaban J connectivity index is 1.17. The van der Waals surface area contributed by atoms with Crippen LogP contribution in [0.15, 0.2) is 12.3 Å². The molecule has 1 amide bonds. The van der Waals surface area contributed by atoms with Crippen molar-refractivity contribution in [1.82, 2.24) is 24.8 Å². The summed E-state index contributed by atoms with van der Waals surface area (Å²) in [5.41, 5.74) is 4.03. The first-order valence-corrected chi connectivity index (χ1v) is 15.0. The number of rotatable bonds is 8. The van der Waals surface area contributed by atoms with Crippen molar-refractivity contribution in [3.8, 4) is 10.6 Å². The molecule has 0 radical (unpaired) electrons. The highest BCUT2D eigenvalue weighted by Gasteiger charge is 2.34. The first-order chi connectivity index (χ1) is 18.6. The predicted molar refractivity (Wildman–Crippen MR) is 149 cm³/mol. The van der Waals surface area contributed by atoms with Gasteiger partial charge < -0.3 is 20.3 Å². The molecule has 1 aliphatic heterocycles. The molecule has 7 rings (SSSR count). The SMILES string of the molecule is Cc1nc(NCC2CC2)nc(NC2CCC(C(=O)N3CCOCC3)C2)c1-c1nc2c(C3CC3)nccc2s1. The molecule has 200 valence electrons. The molecule has 4 aliphatic rings. The quantitative estimate of drug-likeness (QED) is 0.433. The normalized spacial score (nSPS) is 23.7. The van der Waals surface area contributed by atoms with E-state index < -0.39 is 0 Å². The zero-order chi connectivity index (χ0) is 25.6. The van der Waals surface area contributed by atoms with Crippen LogP contribution in [0.1, 0.15) is 62.3 Å². The fourth-order valence-corrected chi connectivity index (χ4v) is 6.85. The number of pyridine rings is 1. The van der Waals surface area contributed by atoms with E-state index in [9.17, 15) is 4.79 Å². The van der Waals surface area contributed by atoms with Gasteiger partial charge in [0, 0.05) is 43.7 Å². The number of hydrogen-bond acceptors (Lipinski definition) is 9. The van der Waals surface area contributed by atoms with E-state index in [1.54, 1.807) is 11.3 Å². The van der Waals surface area contributed by atoms with E-state index in [4.69, 9.17) is 19.7 Å². The number of ether oxygens (including phenoxy) is 1. The molecule has 0 spiro atoms. The Kier molecular flexibility index (Phi) is 6.39. The Morgan fingerprint density at radius 2 is 1.95 bits per heavy atom. The Bertz CT molecular complexity index is 1350. The molecule has 9 nitrogen and oxygen atoms in total. The van der Waals surface area contributed by atoms with Crippen molar-refractivity contribution in [2.24, 2.45) is 11.8 Å². The van der Waals surface area contributed by atoms with Crippen molar-refractivity contribution >= 4 is 39.2 Å². The minimum Gasteiger partial charge on any atom is -0.378 e. The lowest BCUT2D eigenvalue weighted by atomic mass is 10.1. The van der Waals surface area contributed by atoms with Gasteiger partial charge in [-0.25, -0.2) is 9.97 Å². The zero-order valence-corrected chi connectivity index (χ0v) is 22.7. The molecule has 3 saturated carbocycles. The van der Waals surface area contributed by atoms with Gasteiger partial charge in [-0.15, -0.1) is 11.3 Å². The topological polar surface area (TPSA) is 105 Å². The van der Waals surface area contributed by atoms with E-state index in [1.807, 2.05) is 11.1 Å². The van der Waals surface area contributed by atoms with E-state index in [0.717, 1.165) is 69.7 Å². The van der Waals surface area contributed by atoms with Crippen LogP contribution in [0.5, 0.6) is 0 Å².